The molecule has 10 heteroatoms. The molecule has 2 heterocycles. The Kier molecular flexibility index (Phi) is 9.13. The lowest BCUT2D eigenvalue weighted by Gasteiger charge is -2.10. The van der Waals surface area contributed by atoms with Crippen molar-refractivity contribution in [3.63, 3.8) is 0 Å². The minimum atomic E-state index is 0. The Balaban J connectivity index is 0.00000280. The molecule has 0 bridgehead atoms. The molecule has 0 amide bonds. The van der Waals surface area contributed by atoms with Crippen LogP contribution in [0.25, 0.3) is 11.4 Å². The number of guanidine groups is 1. The van der Waals surface area contributed by atoms with Crippen molar-refractivity contribution in [3.05, 3.63) is 51.3 Å². The summed E-state index contributed by atoms with van der Waals surface area (Å²) in [6.45, 7) is 3.46. The van der Waals surface area contributed by atoms with Crippen LogP contribution in [-0.4, -0.2) is 41.2 Å². The summed E-state index contributed by atoms with van der Waals surface area (Å²) >= 11 is 7.71. The molecule has 0 saturated carbocycles. The van der Waals surface area contributed by atoms with Crippen molar-refractivity contribution in [2.24, 2.45) is 4.99 Å². The number of halogens is 2. The molecule has 0 aliphatic rings. The van der Waals surface area contributed by atoms with Crippen LogP contribution in [0, 0.1) is 6.92 Å². The van der Waals surface area contributed by atoms with Crippen LogP contribution < -0.4 is 10.6 Å². The van der Waals surface area contributed by atoms with Gasteiger partial charge in [-0.15, -0.1) is 35.3 Å². The zero-order valence-corrected chi connectivity index (χ0v) is 19.5. The maximum Gasteiger partial charge on any atom is 0.228 e. The second-order valence-electron chi connectivity index (χ2n) is 5.81. The largest absolute Gasteiger partial charge is 0.356 e. The monoisotopic (exact) mass is 532 g/mol. The van der Waals surface area contributed by atoms with Crippen LogP contribution in [-0.2, 0) is 12.8 Å². The fourth-order valence-electron chi connectivity index (χ4n) is 2.41. The van der Waals surface area contributed by atoms with Gasteiger partial charge in [0.05, 0.1) is 5.01 Å². The zero-order valence-electron chi connectivity index (χ0n) is 15.6. The lowest BCUT2D eigenvalue weighted by Crippen LogP contribution is -2.39. The van der Waals surface area contributed by atoms with E-state index in [0.717, 1.165) is 29.5 Å². The molecule has 28 heavy (non-hydrogen) atoms. The predicted molar refractivity (Wildman–Crippen MR) is 124 cm³/mol. The molecule has 7 nitrogen and oxygen atoms in total. The van der Waals surface area contributed by atoms with Crippen LogP contribution in [0.4, 0.5) is 0 Å². The van der Waals surface area contributed by atoms with Crippen LogP contribution in [0.15, 0.2) is 40.0 Å². The molecule has 0 aliphatic heterocycles. The third kappa shape index (κ3) is 6.71. The molecular weight excluding hydrogens is 511 g/mol. The van der Waals surface area contributed by atoms with E-state index in [1.807, 2.05) is 30.5 Å². The van der Waals surface area contributed by atoms with Crippen LogP contribution in [0.1, 0.15) is 15.8 Å². The van der Waals surface area contributed by atoms with E-state index in [2.05, 4.69) is 37.7 Å². The molecule has 0 saturated heterocycles. The molecule has 2 aromatic heterocycles. The number of rotatable bonds is 7. The van der Waals surface area contributed by atoms with Gasteiger partial charge in [0, 0.05) is 54.6 Å². The normalized spacial score (nSPS) is 11.2. The SMILES string of the molecule is CN=C(NCCc1nc(-c2cccc(Cl)c2)no1)NCCc1ncc(C)s1.I. The third-order valence-corrected chi connectivity index (χ3v) is 4.91. The second kappa shape index (κ2) is 11.3. The van der Waals surface area contributed by atoms with Gasteiger partial charge < -0.3 is 15.2 Å². The minimum absolute atomic E-state index is 0. The van der Waals surface area contributed by atoms with Crippen LogP contribution in [0.3, 0.4) is 0 Å². The topological polar surface area (TPSA) is 88.2 Å². The highest BCUT2D eigenvalue weighted by Gasteiger charge is 2.09. The van der Waals surface area contributed by atoms with E-state index in [4.69, 9.17) is 16.1 Å². The maximum absolute atomic E-state index is 6.00. The van der Waals surface area contributed by atoms with E-state index in [-0.39, 0.29) is 24.0 Å². The highest BCUT2D eigenvalue weighted by molar-refractivity contribution is 14.0. The van der Waals surface area contributed by atoms with Gasteiger partial charge in [0.15, 0.2) is 5.96 Å². The molecule has 0 radical (unpaired) electrons. The van der Waals surface area contributed by atoms with Crippen LogP contribution in [0.5, 0.6) is 0 Å². The second-order valence-corrected chi connectivity index (χ2v) is 7.57. The number of hydrogen-bond donors (Lipinski definition) is 2. The molecule has 3 aromatic rings. The van der Waals surface area contributed by atoms with Crippen molar-refractivity contribution in [3.8, 4) is 11.4 Å². The summed E-state index contributed by atoms with van der Waals surface area (Å²) in [6, 6.07) is 7.38. The molecule has 1 aromatic carbocycles. The zero-order chi connectivity index (χ0) is 19.1. The van der Waals surface area contributed by atoms with Gasteiger partial charge in [-0.3, -0.25) is 4.99 Å². The number of thiazole rings is 1. The Hall–Kier alpha value is -1.72. The van der Waals surface area contributed by atoms with Gasteiger partial charge in [0.25, 0.3) is 0 Å². The molecule has 0 unspecified atom stereocenters. The van der Waals surface area contributed by atoms with E-state index in [1.54, 1.807) is 18.4 Å². The lowest BCUT2D eigenvalue weighted by molar-refractivity contribution is 0.378. The molecule has 0 fully saturated rings. The first-order chi connectivity index (χ1) is 13.1. The fraction of sp³-hybridized carbons (Fsp3) is 0.333. The standard InChI is InChI=1S/C18H21ClN6OS.HI/c1-12-11-23-16(27-12)7-9-22-18(20-2)21-8-6-15-24-17(25-26-15)13-4-3-5-14(19)10-13;/h3-5,10-11H,6-9H2,1-2H3,(H2,20,21,22);1H. The molecular formula is C18H22ClIN6OS. The smallest absolute Gasteiger partial charge is 0.228 e. The first-order valence-corrected chi connectivity index (χ1v) is 9.78. The van der Waals surface area contributed by atoms with Gasteiger partial charge in [-0.05, 0) is 19.1 Å². The van der Waals surface area contributed by atoms with Gasteiger partial charge >= 0.3 is 0 Å². The van der Waals surface area contributed by atoms with Crippen molar-refractivity contribution in [2.75, 3.05) is 20.1 Å². The van der Waals surface area contributed by atoms with Crippen molar-refractivity contribution in [1.29, 1.82) is 0 Å². The number of hydrogen-bond acceptors (Lipinski definition) is 6. The quantitative estimate of drug-likeness (QED) is 0.274. The van der Waals surface area contributed by atoms with Crippen molar-refractivity contribution in [2.45, 2.75) is 19.8 Å². The summed E-state index contributed by atoms with van der Waals surface area (Å²) < 4.78 is 5.30. The first kappa shape index (κ1) is 22.6. The molecule has 0 aliphatic carbocycles. The summed E-state index contributed by atoms with van der Waals surface area (Å²) in [5.41, 5.74) is 0.834. The van der Waals surface area contributed by atoms with Crippen molar-refractivity contribution in [1.82, 2.24) is 25.8 Å². The Morgan fingerprint density at radius 3 is 2.71 bits per heavy atom. The average molecular weight is 533 g/mol. The lowest BCUT2D eigenvalue weighted by atomic mass is 10.2. The van der Waals surface area contributed by atoms with Crippen LogP contribution >= 0.6 is 46.9 Å². The third-order valence-electron chi connectivity index (χ3n) is 3.71. The van der Waals surface area contributed by atoms with E-state index in [9.17, 15) is 0 Å². The average Bonchev–Trinajstić information content (AvgIpc) is 3.29. The number of benzene rings is 1. The van der Waals surface area contributed by atoms with Gasteiger partial charge in [-0.2, -0.15) is 4.98 Å². The summed E-state index contributed by atoms with van der Waals surface area (Å²) in [5.74, 6) is 1.83. The number of aromatic nitrogens is 3. The van der Waals surface area contributed by atoms with Crippen molar-refractivity contribution >= 4 is 52.9 Å². The Morgan fingerprint density at radius 2 is 2.04 bits per heavy atom. The summed E-state index contributed by atoms with van der Waals surface area (Å²) in [4.78, 5) is 14.2. The number of nitrogens with one attached hydrogen (secondary N) is 2. The Bertz CT molecular complexity index is 913. The van der Waals surface area contributed by atoms with Gasteiger partial charge in [-0.1, -0.05) is 28.9 Å². The highest BCUT2D eigenvalue weighted by atomic mass is 127. The van der Waals surface area contributed by atoms with E-state index in [1.165, 1.54) is 4.88 Å². The molecule has 150 valence electrons. The van der Waals surface area contributed by atoms with Crippen molar-refractivity contribution < 1.29 is 4.52 Å². The highest BCUT2D eigenvalue weighted by Crippen LogP contribution is 2.19. The molecule has 0 spiro atoms. The Morgan fingerprint density at radius 1 is 1.25 bits per heavy atom. The summed E-state index contributed by atoms with van der Waals surface area (Å²) in [5, 5.41) is 12.3. The van der Waals surface area contributed by atoms with Gasteiger partial charge in [0.1, 0.15) is 0 Å². The molecule has 0 atom stereocenters. The molecule has 3 rings (SSSR count). The van der Waals surface area contributed by atoms with Gasteiger partial charge in [0.2, 0.25) is 11.7 Å². The van der Waals surface area contributed by atoms with E-state index in [0.29, 0.717) is 29.7 Å². The summed E-state index contributed by atoms with van der Waals surface area (Å²) in [6.07, 6.45) is 3.36. The first-order valence-electron chi connectivity index (χ1n) is 8.58. The Labute approximate surface area is 190 Å². The fourth-order valence-corrected chi connectivity index (χ4v) is 3.39. The number of aryl methyl sites for hydroxylation is 1. The predicted octanol–water partition coefficient (Wildman–Crippen LogP) is 3.72. The molecule has 2 N–H and O–H groups in total. The van der Waals surface area contributed by atoms with E-state index < -0.39 is 0 Å². The minimum Gasteiger partial charge on any atom is -0.356 e. The van der Waals surface area contributed by atoms with Gasteiger partial charge in [-0.25, -0.2) is 4.98 Å². The van der Waals surface area contributed by atoms with Crippen LogP contribution in [0.2, 0.25) is 5.02 Å². The number of aliphatic imine (C=N–C) groups is 1. The summed E-state index contributed by atoms with van der Waals surface area (Å²) in [7, 11) is 1.74. The van der Waals surface area contributed by atoms with E-state index >= 15 is 0 Å². The maximum atomic E-state index is 6.00. The number of nitrogens with zero attached hydrogens (tertiary/aromatic N) is 4.